The van der Waals surface area contributed by atoms with Crippen molar-refractivity contribution in [2.45, 2.75) is 17.8 Å². The molecule has 0 unspecified atom stereocenters. The number of benzene rings is 2. The van der Waals surface area contributed by atoms with Crippen LogP contribution in [0.3, 0.4) is 0 Å². The molecule has 0 saturated carbocycles. The number of carbonyl (C=O) groups excluding carboxylic acids is 1. The van der Waals surface area contributed by atoms with Gasteiger partial charge >= 0.3 is 6.36 Å². The van der Waals surface area contributed by atoms with Gasteiger partial charge in [-0.15, -0.1) is 13.2 Å². The smallest absolute Gasteiger partial charge is 0.405 e. The molecule has 0 atom stereocenters. The number of ether oxygens (including phenoxy) is 1. The van der Waals surface area contributed by atoms with Crippen LogP contribution < -0.4 is 4.74 Å². The summed E-state index contributed by atoms with van der Waals surface area (Å²) in [5.74, 6) is -0.903. The highest BCUT2D eigenvalue weighted by molar-refractivity contribution is 7.89. The Morgan fingerprint density at radius 2 is 1.62 bits per heavy atom. The molecule has 29 heavy (non-hydrogen) atoms. The van der Waals surface area contributed by atoms with E-state index in [4.69, 9.17) is 0 Å². The van der Waals surface area contributed by atoms with Gasteiger partial charge in [0.15, 0.2) is 0 Å². The average molecular weight is 432 g/mol. The Hall–Kier alpha value is -2.63. The van der Waals surface area contributed by atoms with Crippen LogP contribution in [0.4, 0.5) is 13.2 Å². The number of nitrogens with zero attached hydrogens (tertiary/aromatic N) is 2. The van der Waals surface area contributed by atoms with Crippen molar-refractivity contribution in [3.8, 4) is 5.75 Å². The molecule has 0 N–H and O–H groups in total. The maximum Gasteiger partial charge on any atom is 0.573 e. The fourth-order valence-corrected chi connectivity index (χ4v) is 3.40. The number of hydrogen-bond acceptors (Lipinski definition) is 5. The molecule has 0 aliphatic carbocycles. The summed E-state index contributed by atoms with van der Waals surface area (Å²) < 4.78 is 66.6. The second-order valence-corrected chi connectivity index (χ2v) is 7.87. The minimum absolute atomic E-state index is 0.0787. The van der Waals surface area contributed by atoms with Crippen molar-refractivity contribution < 1.29 is 36.0 Å². The highest BCUT2D eigenvalue weighted by Crippen LogP contribution is 2.27. The van der Waals surface area contributed by atoms with Gasteiger partial charge < -0.3 is 9.64 Å². The molecule has 0 aliphatic rings. The number of rotatable bonds is 7. The molecule has 11 heteroatoms. The molecule has 2 aromatic rings. The first kappa shape index (κ1) is 22.7. The Kier molecular flexibility index (Phi) is 6.88. The molecule has 158 valence electrons. The van der Waals surface area contributed by atoms with Gasteiger partial charge in [0.05, 0.1) is 12.0 Å². The van der Waals surface area contributed by atoms with Crippen molar-refractivity contribution in [3.63, 3.8) is 0 Å². The molecule has 7 nitrogen and oxygen atoms in total. The van der Waals surface area contributed by atoms with Gasteiger partial charge in [-0.2, -0.15) is 0 Å². The summed E-state index contributed by atoms with van der Waals surface area (Å²) in [5, 5.41) is 0. The highest BCUT2D eigenvalue weighted by atomic mass is 32.2. The summed E-state index contributed by atoms with van der Waals surface area (Å²) in [6, 6.07) is 10.6. The molecule has 2 rings (SSSR count). The Balaban J connectivity index is 2.18. The number of alkyl halides is 3. The van der Waals surface area contributed by atoms with Crippen LogP contribution in [0.1, 0.15) is 15.9 Å². The summed E-state index contributed by atoms with van der Waals surface area (Å²) in [6.07, 6.45) is -4.85. The molecule has 0 saturated heterocycles. The van der Waals surface area contributed by atoms with E-state index in [1.165, 1.54) is 68.6 Å². The van der Waals surface area contributed by atoms with Crippen molar-refractivity contribution in [1.82, 2.24) is 9.37 Å². The zero-order valence-corrected chi connectivity index (χ0v) is 16.6. The van der Waals surface area contributed by atoms with Crippen LogP contribution in [-0.2, 0) is 21.4 Å². The summed E-state index contributed by atoms with van der Waals surface area (Å²) in [7, 11) is -0.0234. The lowest BCUT2D eigenvalue weighted by atomic mass is 10.1. The molecular formula is C18H19F3N2O5S. The molecule has 2 aromatic carbocycles. The number of amides is 1. The fourth-order valence-electron chi connectivity index (χ4n) is 2.42. The Morgan fingerprint density at radius 3 is 2.17 bits per heavy atom. The first-order valence-electron chi connectivity index (χ1n) is 8.18. The molecule has 0 aromatic heterocycles. The molecule has 0 aliphatic heterocycles. The number of sulfonamides is 1. The van der Waals surface area contributed by atoms with Crippen LogP contribution in [0.5, 0.6) is 5.75 Å². The molecule has 0 fully saturated rings. The van der Waals surface area contributed by atoms with Gasteiger partial charge in [0.25, 0.3) is 15.9 Å². The Labute approximate surface area is 166 Å². The van der Waals surface area contributed by atoms with E-state index >= 15 is 0 Å². The van der Waals surface area contributed by atoms with Gasteiger partial charge in [-0.1, -0.05) is 22.7 Å². The van der Waals surface area contributed by atoms with Crippen LogP contribution in [0.2, 0.25) is 0 Å². The van der Waals surface area contributed by atoms with Crippen molar-refractivity contribution in [1.29, 1.82) is 0 Å². The lowest BCUT2D eigenvalue weighted by Gasteiger charge is -2.20. The molecule has 0 radical (unpaired) electrons. The van der Waals surface area contributed by atoms with Crippen molar-refractivity contribution in [2.75, 3.05) is 21.2 Å². The first-order chi connectivity index (χ1) is 13.5. The monoisotopic (exact) mass is 432 g/mol. The minimum Gasteiger partial charge on any atom is -0.405 e. The summed E-state index contributed by atoms with van der Waals surface area (Å²) in [6.45, 7) is -0.141. The third-order valence-corrected chi connectivity index (χ3v) is 5.64. The van der Waals surface area contributed by atoms with Crippen molar-refractivity contribution >= 4 is 15.9 Å². The predicted octanol–water partition coefficient (Wildman–Crippen LogP) is 3.04. The van der Waals surface area contributed by atoms with Gasteiger partial charge in [-0.05, 0) is 30.3 Å². The highest BCUT2D eigenvalue weighted by Gasteiger charge is 2.32. The first-order valence-corrected chi connectivity index (χ1v) is 9.62. The van der Waals surface area contributed by atoms with Gasteiger partial charge in [0.1, 0.15) is 5.75 Å². The van der Waals surface area contributed by atoms with E-state index in [1.54, 1.807) is 0 Å². The van der Waals surface area contributed by atoms with Gasteiger partial charge in [-0.3, -0.25) is 9.63 Å². The number of carbonyl (C=O) groups is 1. The zero-order valence-electron chi connectivity index (χ0n) is 15.8. The number of hydrogen-bond donors (Lipinski definition) is 0. The lowest BCUT2D eigenvalue weighted by molar-refractivity contribution is -0.275. The number of para-hydroxylation sites is 1. The Bertz CT molecular complexity index is 962. The average Bonchev–Trinajstić information content (AvgIpc) is 2.67. The SMILES string of the molecule is CON(C)S(=O)(=O)c1ccc(C(=O)N(C)Cc2ccccc2OC(F)(F)F)cc1. The number of halogens is 3. The fraction of sp³-hybridized carbons (Fsp3) is 0.278. The van der Waals surface area contributed by atoms with Crippen LogP contribution in [0.15, 0.2) is 53.4 Å². The summed E-state index contributed by atoms with van der Waals surface area (Å²) in [4.78, 5) is 18.4. The van der Waals surface area contributed by atoms with Gasteiger partial charge in [0, 0.05) is 31.8 Å². The second-order valence-electron chi connectivity index (χ2n) is 5.94. The maximum absolute atomic E-state index is 12.6. The normalized spacial score (nSPS) is 12.1. The molecule has 0 bridgehead atoms. The number of hydroxylamine groups is 1. The van der Waals surface area contributed by atoms with E-state index in [9.17, 15) is 26.4 Å². The Morgan fingerprint density at radius 1 is 1.03 bits per heavy atom. The quantitative estimate of drug-likeness (QED) is 0.629. The third kappa shape index (κ3) is 5.68. The summed E-state index contributed by atoms with van der Waals surface area (Å²) in [5.41, 5.74) is 0.335. The van der Waals surface area contributed by atoms with E-state index in [2.05, 4.69) is 9.57 Å². The van der Waals surface area contributed by atoms with Crippen LogP contribution in [0.25, 0.3) is 0 Å². The maximum atomic E-state index is 12.6. The van der Waals surface area contributed by atoms with E-state index in [1.807, 2.05) is 0 Å². The van der Waals surface area contributed by atoms with E-state index in [-0.39, 0.29) is 22.6 Å². The van der Waals surface area contributed by atoms with Crippen molar-refractivity contribution in [2.24, 2.45) is 0 Å². The van der Waals surface area contributed by atoms with E-state index in [0.717, 1.165) is 6.07 Å². The molecular weight excluding hydrogens is 413 g/mol. The summed E-state index contributed by atoms with van der Waals surface area (Å²) >= 11 is 0. The third-order valence-electron chi connectivity index (χ3n) is 3.95. The molecule has 0 spiro atoms. The molecule has 0 heterocycles. The van der Waals surface area contributed by atoms with E-state index in [0.29, 0.717) is 4.47 Å². The van der Waals surface area contributed by atoms with Crippen LogP contribution in [-0.4, -0.2) is 51.3 Å². The second kappa shape index (κ2) is 8.80. The largest absolute Gasteiger partial charge is 0.573 e. The van der Waals surface area contributed by atoms with Gasteiger partial charge in [0.2, 0.25) is 0 Å². The minimum atomic E-state index is -4.85. The van der Waals surface area contributed by atoms with Crippen LogP contribution >= 0.6 is 0 Å². The topological polar surface area (TPSA) is 76.2 Å². The molecule has 1 amide bonds. The van der Waals surface area contributed by atoms with E-state index < -0.39 is 28.0 Å². The predicted molar refractivity (Wildman–Crippen MR) is 97.3 cm³/mol. The standard InChI is InChI=1S/C18H19F3N2O5S/c1-22(12-14-6-4-5-7-16(14)28-18(19,20)21)17(24)13-8-10-15(11-9-13)29(25,26)23(2)27-3/h4-11H,12H2,1-3H3. The lowest BCUT2D eigenvalue weighted by Crippen LogP contribution is -2.28. The van der Waals surface area contributed by atoms with Crippen molar-refractivity contribution in [3.05, 3.63) is 59.7 Å². The van der Waals surface area contributed by atoms with Gasteiger partial charge in [-0.25, -0.2) is 8.42 Å². The zero-order chi connectivity index (χ0) is 21.8. The van der Waals surface area contributed by atoms with Crippen LogP contribution in [0, 0.1) is 0 Å².